The van der Waals surface area contributed by atoms with Gasteiger partial charge in [0.05, 0.1) is 26.4 Å². The minimum absolute atomic E-state index is 0.00654. The maximum absolute atomic E-state index is 10.7. The summed E-state index contributed by atoms with van der Waals surface area (Å²) in [5.74, 6) is 0.269. The third kappa shape index (κ3) is 7.26. The largest absolute Gasteiger partial charge is 0.508 e. The molecule has 0 unspecified atom stereocenters. The van der Waals surface area contributed by atoms with E-state index in [1.807, 2.05) is 0 Å². The molecule has 0 amide bonds. The summed E-state index contributed by atoms with van der Waals surface area (Å²) in [6, 6.07) is 5.61. The highest BCUT2D eigenvalue weighted by molar-refractivity contribution is 5.30. The molecule has 0 bridgehead atoms. The van der Waals surface area contributed by atoms with Crippen LogP contribution in [0.3, 0.4) is 0 Å². The summed E-state index contributed by atoms with van der Waals surface area (Å²) < 4.78 is 43.6. The van der Waals surface area contributed by atoms with E-state index in [1.165, 1.54) is 24.3 Å². The summed E-state index contributed by atoms with van der Waals surface area (Å²) >= 11 is 0. The summed E-state index contributed by atoms with van der Waals surface area (Å²) in [4.78, 5) is 0. The van der Waals surface area contributed by atoms with Crippen molar-refractivity contribution in [3.8, 4) is 11.5 Å². The molecule has 4 aliphatic heterocycles. The van der Waals surface area contributed by atoms with E-state index in [4.69, 9.17) is 37.9 Å². The zero-order chi connectivity index (χ0) is 31.7. The van der Waals surface area contributed by atoms with Crippen molar-refractivity contribution in [1.82, 2.24) is 0 Å². The second-order valence-electron chi connectivity index (χ2n) is 10.9. The fourth-order valence-electron chi connectivity index (χ4n) is 5.08. The van der Waals surface area contributed by atoms with Gasteiger partial charge in [-0.3, -0.25) is 0 Å². The Morgan fingerprint density at radius 1 is 0.455 bits per heavy atom. The van der Waals surface area contributed by atoms with Crippen molar-refractivity contribution < 1.29 is 89.0 Å². The number of phenols is 1. The van der Waals surface area contributed by atoms with Crippen LogP contribution in [0.4, 0.5) is 0 Å². The molecule has 0 radical (unpaired) electrons. The molecule has 5 rings (SSSR count). The topological polar surface area (TPSA) is 276 Å². The number of aliphatic hydroxyl groups excluding tert-OH is 9. The predicted octanol–water partition coefficient (Wildman–Crippen LogP) is -5.40. The van der Waals surface area contributed by atoms with Gasteiger partial charge >= 0.3 is 0 Å². The number of ether oxygens (including phenoxy) is 8. The fraction of sp³-hybridized carbons (Fsp3) is 0.769. The molecule has 1 aromatic carbocycles. The van der Waals surface area contributed by atoms with Crippen LogP contribution in [0.2, 0.25) is 0 Å². The van der Waals surface area contributed by atoms with Gasteiger partial charge < -0.3 is 89.0 Å². The molecule has 18 heteroatoms. The average molecular weight is 639 g/mol. The van der Waals surface area contributed by atoms with Gasteiger partial charge in [0, 0.05) is 0 Å². The van der Waals surface area contributed by atoms with Gasteiger partial charge in [0.15, 0.2) is 18.9 Å². The quantitative estimate of drug-likeness (QED) is 0.127. The standard InChI is InChI=1S/C26H38O18/c27-9-1-3-10(4-2-9)41-23-20(34)16(30)12(6-38-23)43-25-22(36)18(32)14(8-40-25)44-26-21(35)17(31)13(7-39-26)42-24-19(33)15(29)11(28)5-37-24/h1-4,11-36H,5-8H2/t11-,12-,13-,14-,15+,16+,17+,18+,19-,20-,21-,22-,23+,24+,25+,26+/m1/s1. The van der Waals surface area contributed by atoms with Crippen LogP contribution in [0.25, 0.3) is 0 Å². The second-order valence-corrected chi connectivity index (χ2v) is 10.9. The minimum Gasteiger partial charge on any atom is -0.508 e. The number of rotatable bonds is 8. The molecule has 0 aromatic heterocycles. The van der Waals surface area contributed by atoms with Crippen LogP contribution < -0.4 is 4.74 Å². The van der Waals surface area contributed by atoms with E-state index in [0.717, 1.165) is 0 Å². The third-order valence-electron chi connectivity index (χ3n) is 7.77. The number of hydrogen-bond donors (Lipinski definition) is 10. The first-order chi connectivity index (χ1) is 20.9. The van der Waals surface area contributed by atoms with E-state index in [9.17, 15) is 51.1 Å². The van der Waals surface area contributed by atoms with Gasteiger partial charge in [-0.1, -0.05) is 0 Å². The van der Waals surface area contributed by atoms with Crippen molar-refractivity contribution in [3.63, 3.8) is 0 Å². The molecule has 250 valence electrons. The molecule has 16 atom stereocenters. The number of phenolic OH excluding ortho intramolecular Hbond substituents is 1. The summed E-state index contributed by atoms with van der Waals surface area (Å²) in [6.07, 6.45) is -23.7. The molecule has 10 N–H and O–H groups in total. The van der Waals surface area contributed by atoms with Crippen molar-refractivity contribution in [2.24, 2.45) is 0 Å². The molecular weight excluding hydrogens is 600 g/mol. The van der Waals surface area contributed by atoms with Crippen LogP contribution >= 0.6 is 0 Å². The van der Waals surface area contributed by atoms with E-state index in [0.29, 0.717) is 0 Å². The SMILES string of the molecule is Oc1ccc(O[C@@H]2OC[C@@H](O[C@@H]3OC[C@@H](O[C@@H]4OC[C@@H](O[C@@H]5OC[C@@H](O)[C@H](O)[C@H]5O)[C@H](O)[C@H]4O)[C@H](O)[C@H]3O)[C@H](O)[C@H]2O)cc1. The molecule has 0 spiro atoms. The van der Waals surface area contributed by atoms with Crippen LogP contribution in [-0.2, 0) is 33.2 Å². The Hall–Kier alpha value is -1.82. The summed E-state index contributed by atoms with van der Waals surface area (Å²) in [7, 11) is 0. The van der Waals surface area contributed by atoms with Crippen LogP contribution in [-0.4, -0.2) is 176 Å². The lowest BCUT2D eigenvalue weighted by molar-refractivity contribution is -0.356. The lowest BCUT2D eigenvalue weighted by Crippen LogP contribution is -2.62. The van der Waals surface area contributed by atoms with Gasteiger partial charge in [-0.2, -0.15) is 0 Å². The van der Waals surface area contributed by atoms with Gasteiger partial charge in [-0.25, -0.2) is 0 Å². The van der Waals surface area contributed by atoms with E-state index >= 15 is 0 Å². The molecule has 44 heavy (non-hydrogen) atoms. The normalized spacial score (nSPS) is 46.8. The number of hydrogen-bond acceptors (Lipinski definition) is 18. The molecule has 1 aromatic rings. The number of aromatic hydroxyl groups is 1. The van der Waals surface area contributed by atoms with Crippen LogP contribution in [0.5, 0.6) is 11.5 Å². The zero-order valence-corrected chi connectivity index (χ0v) is 23.1. The Kier molecular flexibility index (Phi) is 10.9. The molecule has 4 saturated heterocycles. The first-order valence-electron chi connectivity index (χ1n) is 14.0. The minimum atomic E-state index is -1.73. The van der Waals surface area contributed by atoms with Crippen molar-refractivity contribution in [2.75, 3.05) is 26.4 Å². The Morgan fingerprint density at radius 2 is 0.818 bits per heavy atom. The van der Waals surface area contributed by atoms with Gasteiger partial charge in [-0.15, -0.1) is 0 Å². The molecule has 18 nitrogen and oxygen atoms in total. The first-order valence-corrected chi connectivity index (χ1v) is 14.0. The fourth-order valence-corrected chi connectivity index (χ4v) is 5.08. The van der Waals surface area contributed by atoms with Crippen LogP contribution in [0, 0.1) is 0 Å². The smallest absolute Gasteiger partial charge is 0.228 e. The molecule has 0 aliphatic carbocycles. The second kappa shape index (κ2) is 14.3. The predicted molar refractivity (Wildman–Crippen MR) is 136 cm³/mol. The van der Waals surface area contributed by atoms with Crippen molar-refractivity contribution in [2.45, 2.75) is 98.4 Å². The zero-order valence-electron chi connectivity index (χ0n) is 23.1. The summed E-state index contributed by atoms with van der Waals surface area (Å²) in [5, 5.41) is 102. The highest BCUT2D eigenvalue weighted by Gasteiger charge is 2.49. The van der Waals surface area contributed by atoms with E-state index in [1.54, 1.807) is 0 Å². The van der Waals surface area contributed by atoms with Crippen molar-refractivity contribution in [3.05, 3.63) is 24.3 Å². The number of aliphatic hydroxyl groups is 9. The van der Waals surface area contributed by atoms with Crippen LogP contribution in [0.1, 0.15) is 0 Å². The third-order valence-corrected chi connectivity index (χ3v) is 7.77. The summed E-state index contributed by atoms with van der Waals surface area (Å²) in [6.45, 7) is -1.37. The monoisotopic (exact) mass is 638 g/mol. The van der Waals surface area contributed by atoms with Gasteiger partial charge in [0.25, 0.3) is 0 Å². The highest BCUT2D eigenvalue weighted by atomic mass is 16.8. The molecule has 0 saturated carbocycles. The van der Waals surface area contributed by atoms with E-state index in [2.05, 4.69) is 0 Å². The summed E-state index contributed by atoms with van der Waals surface area (Å²) in [5.41, 5.74) is 0. The van der Waals surface area contributed by atoms with Gasteiger partial charge in [0.2, 0.25) is 6.29 Å². The molecule has 4 heterocycles. The van der Waals surface area contributed by atoms with E-state index in [-0.39, 0.29) is 37.9 Å². The Bertz CT molecular complexity index is 1050. The van der Waals surface area contributed by atoms with E-state index < -0.39 is 98.4 Å². The van der Waals surface area contributed by atoms with Crippen molar-refractivity contribution in [1.29, 1.82) is 0 Å². The van der Waals surface area contributed by atoms with Crippen molar-refractivity contribution >= 4 is 0 Å². The average Bonchev–Trinajstić information content (AvgIpc) is 3.01. The Labute approximate surface area is 250 Å². The maximum Gasteiger partial charge on any atom is 0.228 e. The molecular formula is C26H38O18. The lowest BCUT2D eigenvalue weighted by Gasteiger charge is -2.44. The first kappa shape index (κ1) is 33.5. The van der Waals surface area contributed by atoms with Gasteiger partial charge in [0.1, 0.15) is 84.7 Å². The molecule has 4 fully saturated rings. The lowest BCUT2D eigenvalue weighted by atomic mass is 10.0. The Morgan fingerprint density at radius 3 is 1.27 bits per heavy atom. The number of benzene rings is 1. The molecule has 4 aliphatic rings. The Balaban J connectivity index is 1.09. The maximum atomic E-state index is 10.7. The highest BCUT2D eigenvalue weighted by Crippen LogP contribution is 2.29. The van der Waals surface area contributed by atoms with Gasteiger partial charge in [-0.05, 0) is 24.3 Å². The van der Waals surface area contributed by atoms with Crippen LogP contribution in [0.15, 0.2) is 24.3 Å².